The van der Waals surface area contributed by atoms with Crippen LogP contribution in [0.5, 0.6) is 0 Å². The Morgan fingerprint density at radius 2 is 1.76 bits per heavy atom. The molecular weight excluding hydrogens is 348 g/mol. The highest BCUT2D eigenvalue weighted by Gasteiger charge is 2.14. The van der Waals surface area contributed by atoms with Crippen molar-refractivity contribution in [1.29, 1.82) is 0 Å². The zero-order valence-corrected chi connectivity index (χ0v) is 14.0. The minimum Gasteiger partial charge on any atom is -0.465 e. The molecule has 25 heavy (non-hydrogen) atoms. The fourth-order valence-corrected chi connectivity index (χ4v) is 2.11. The average Bonchev–Trinajstić information content (AvgIpc) is 2.59. The highest BCUT2D eigenvalue weighted by molar-refractivity contribution is 6.31. The van der Waals surface area contributed by atoms with Gasteiger partial charge in [0.15, 0.2) is 6.61 Å². The van der Waals surface area contributed by atoms with Crippen molar-refractivity contribution < 1.29 is 23.9 Å². The van der Waals surface area contributed by atoms with Crippen molar-refractivity contribution >= 4 is 40.8 Å². The molecule has 2 aromatic rings. The molecule has 0 bridgehead atoms. The zero-order chi connectivity index (χ0) is 18.4. The topological polar surface area (TPSA) is 108 Å². The number of hydrogen-bond acceptors (Lipinski definition) is 6. The highest BCUT2D eigenvalue weighted by atomic mass is 35.5. The second kappa shape index (κ2) is 8.16. The van der Waals surface area contributed by atoms with Crippen molar-refractivity contribution in [2.45, 2.75) is 0 Å². The smallest absolute Gasteiger partial charge is 0.340 e. The predicted octanol–water partition coefficient (Wildman–Crippen LogP) is 2.50. The Balaban J connectivity index is 1.90. The summed E-state index contributed by atoms with van der Waals surface area (Å²) in [7, 11) is 1.28. The number of amides is 1. The Hall–Kier alpha value is -3.06. The first kappa shape index (κ1) is 18.3. The number of methoxy groups -OCH3 is 1. The number of nitrogens with two attached hydrogens (primary N) is 1. The van der Waals surface area contributed by atoms with Crippen LogP contribution in [0.2, 0.25) is 5.02 Å². The quantitative estimate of drug-likeness (QED) is 0.625. The van der Waals surface area contributed by atoms with Crippen LogP contribution in [0.4, 0.5) is 11.4 Å². The second-order valence-corrected chi connectivity index (χ2v) is 5.36. The SMILES string of the molecule is COC(=O)c1ccc(NC(=O)COC(=O)c2ccc(Cl)cc2N)cc1. The number of halogens is 1. The number of anilines is 2. The number of rotatable bonds is 5. The number of hydrogen-bond donors (Lipinski definition) is 2. The van der Waals surface area contributed by atoms with Crippen LogP contribution in [0, 0.1) is 0 Å². The lowest BCUT2D eigenvalue weighted by molar-refractivity contribution is -0.119. The van der Waals surface area contributed by atoms with E-state index in [0.717, 1.165) is 0 Å². The largest absolute Gasteiger partial charge is 0.465 e. The van der Waals surface area contributed by atoms with Gasteiger partial charge in [-0.25, -0.2) is 9.59 Å². The maximum absolute atomic E-state index is 11.9. The summed E-state index contributed by atoms with van der Waals surface area (Å²) in [6.45, 7) is -0.486. The Morgan fingerprint density at radius 3 is 2.36 bits per heavy atom. The molecule has 130 valence electrons. The number of nitrogens with one attached hydrogen (secondary N) is 1. The van der Waals surface area contributed by atoms with Crippen LogP contribution < -0.4 is 11.1 Å². The van der Waals surface area contributed by atoms with Gasteiger partial charge in [-0.2, -0.15) is 0 Å². The normalized spacial score (nSPS) is 10.0. The Morgan fingerprint density at radius 1 is 1.08 bits per heavy atom. The first-order valence-electron chi connectivity index (χ1n) is 7.11. The van der Waals surface area contributed by atoms with Crippen LogP contribution in [0.25, 0.3) is 0 Å². The van der Waals surface area contributed by atoms with E-state index in [9.17, 15) is 14.4 Å². The Kier molecular flexibility index (Phi) is 5.97. The number of esters is 2. The molecule has 0 aromatic heterocycles. The molecule has 1 amide bonds. The summed E-state index contributed by atoms with van der Waals surface area (Å²) in [6.07, 6.45) is 0. The van der Waals surface area contributed by atoms with Gasteiger partial charge in [-0.15, -0.1) is 0 Å². The van der Waals surface area contributed by atoms with E-state index in [0.29, 0.717) is 16.3 Å². The third-order valence-corrected chi connectivity index (χ3v) is 3.39. The number of nitrogen functional groups attached to an aromatic ring is 1. The summed E-state index contributed by atoms with van der Waals surface area (Å²) in [5.41, 5.74) is 6.76. The number of ether oxygens (including phenoxy) is 2. The maximum Gasteiger partial charge on any atom is 0.340 e. The zero-order valence-electron chi connectivity index (χ0n) is 13.2. The third-order valence-electron chi connectivity index (χ3n) is 3.16. The van der Waals surface area contributed by atoms with Gasteiger partial charge in [0, 0.05) is 16.4 Å². The first-order valence-corrected chi connectivity index (χ1v) is 7.49. The average molecular weight is 363 g/mol. The fraction of sp³-hybridized carbons (Fsp3) is 0.118. The van der Waals surface area contributed by atoms with Gasteiger partial charge in [-0.1, -0.05) is 11.6 Å². The van der Waals surface area contributed by atoms with Crippen molar-refractivity contribution in [3.63, 3.8) is 0 Å². The van der Waals surface area contributed by atoms with Crippen LogP contribution in [0.3, 0.4) is 0 Å². The van der Waals surface area contributed by atoms with Gasteiger partial charge in [-0.3, -0.25) is 4.79 Å². The van der Waals surface area contributed by atoms with E-state index in [4.69, 9.17) is 22.1 Å². The second-order valence-electron chi connectivity index (χ2n) is 4.92. The first-order chi connectivity index (χ1) is 11.9. The Bertz CT molecular complexity index is 805. The Labute approximate surface area is 148 Å². The summed E-state index contributed by atoms with van der Waals surface area (Å²) in [6, 6.07) is 10.4. The van der Waals surface area contributed by atoms with E-state index >= 15 is 0 Å². The summed E-state index contributed by atoms with van der Waals surface area (Å²) >= 11 is 5.75. The highest BCUT2D eigenvalue weighted by Crippen LogP contribution is 2.18. The molecule has 7 nitrogen and oxygen atoms in total. The van der Waals surface area contributed by atoms with E-state index in [-0.39, 0.29) is 11.3 Å². The van der Waals surface area contributed by atoms with Gasteiger partial charge in [0.25, 0.3) is 5.91 Å². The van der Waals surface area contributed by atoms with E-state index < -0.39 is 24.5 Å². The minimum absolute atomic E-state index is 0.125. The molecule has 0 saturated heterocycles. The molecule has 0 atom stereocenters. The summed E-state index contributed by atoms with van der Waals surface area (Å²) in [4.78, 5) is 35.1. The number of carbonyl (C=O) groups is 3. The van der Waals surface area contributed by atoms with E-state index in [1.807, 2.05) is 0 Å². The van der Waals surface area contributed by atoms with Crippen LogP contribution in [-0.2, 0) is 14.3 Å². The summed E-state index contributed by atoms with van der Waals surface area (Å²) < 4.78 is 9.49. The molecule has 0 aliphatic rings. The molecule has 0 fully saturated rings. The molecule has 0 aliphatic heterocycles. The number of benzene rings is 2. The van der Waals surface area contributed by atoms with Crippen molar-refractivity contribution in [2.24, 2.45) is 0 Å². The summed E-state index contributed by atoms with van der Waals surface area (Å²) in [5.74, 6) is -1.75. The van der Waals surface area contributed by atoms with Gasteiger partial charge in [0.05, 0.1) is 18.2 Å². The van der Waals surface area contributed by atoms with Crippen LogP contribution in [0.1, 0.15) is 20.7 Å². The lowest BCUT2D eigenvalue weighted by atomic mass is 10.2. The molecule has 0 saturated carbocycles. The van der Waals surface area contributed by atoms with Gasteiger partial charge >= 0.3 is 11.9 Å². The molecule has 2 rings (SSSR count). The number of carbonyl (C=O) groups excluding carboxylic acids is 3. The maximum atomic E-state index is 11.9. The van der Waals surface area contributed by atoms with Crippen LogP contribution in [0.15, 0.2) is 42.5 Å². The van der Waals surface area contributed by atoms with Crippen molar-refractivity contribution in [2.75, 3.05) is 24.8 Å². The monoisotopic (exact) mass is 362 g/mol. The van der Waals surface area contributed by atoms with Crippen LogP contribution in [-0.4, -0.2) is 31.6 Å². The lowest BCUT2D eigenvalue weighted by Crippen LogP contribution is -2.21. The van der Waals surface area contributed by atoms with Crippen molar-refractivity contribution in [1.82, 2.24) is 0 Å². The van der Waals surface area contributed by atoms with Gasteiger partial charge in [-0.05, 0) is 42.5 Å². The predicted molar refractivity (Wildman–Crippen MR) is 92.6 cm³/mol. The van der Waals surface area contributed by atoms with Gasteiger partial charge in [0.1, 0.15) is 0 Å². The molecule has 0 radical (unpaired) electrons. The van der Waals surface area contributed by atoms with Crippen LogP contribution >= 0.6 is 11.6 Å². The fourth-order valence-electron chi connectivity index (χ4n) is 1.93. The lowest BCUT2D eigenvalue weighted by Gasteiger charge is -2.08. The molecular formula is C17H15ClN2O5. The van der Waals surface area contributed by atoms with E-state index in [1.54, 1.807) is 0 Å². The van der Waals surface area contributed by atoms with E-state index in [1.165, 1.54) is 49.6 Å². The minimum atomic E-state index is -0.731. The molecule has 3 N–H and O–H groups in total. The third kappa shape index (κ3) is 4.95. The van der Waals surface area contributed by atoms with Crippen molar-refractivity contribution in [3.8, 4) is 0 Å². The molecule has 2 aromatic carbocycles. The van der Waals surface area contributed by atoms with Crippen molar-refractivity contribution in [3.05, 3.63) is 58.6 Å². The molecule has 0 aliphatic carbocycles. The molecule has 0 spiro atoms. The molecule has 8 heteroatoms. The summed E-state index contributed by atoms with van der Waals surface area (Å²) in [5, 5.41) is 2.93. The standard InChI is InChI=1S/C17H15ClN2O5/c1-24-16(22)10-2-5-12(6-3-10)20-15(21)9-25-17(23)13-7-4-11(18)8-14(13)19/h2-8H,9,19H2,1H3,(H,20,21). The van der Waals surface area contributed by atoms with E-state index in [2.05, 4.69) is 10.1 Å². The van der Waals surface area contributed by atoms with Gasteiger partial charge in [0.2, 0.25) is 0 Å². The molecule has 0 unspecified atom stereocenters. The van der Waals surface area contributed by atoms with Gasteiger partial charge < -0.3 is 20.5 Å². The molecule has 0 heterocycles.